The van der Waals surface area contributed by atoms with Gasteiger partial charge in [-0.05, 0) is 22.3 Å². The van der Waals surface area contributed by atoms with Gasteiger partial charge >= 0.3 is 0 Å². The molecule has 0 saturated carbocycles. The molecule has 4 heteroatoms. The van der Waals surface area contributed by atoms with Crippen molar-refractivity contribution in [1.82, 2.24) is 15.5 Å². The van der Waals surface area contributed by atoms with Crippen molar-refractivity contribution in [3.63, 3.8) is 0 Å². The normalized spacial score (nSPS) is 10.6. The smallest absolute Gasteiger partial charge is 0.0237 e. The predicted octanol–water partition coefficient (Wildman–Crippen LogP) is 5.21. The van der Waals surface area contributed by atoms with Crippen molar-refractivity contribution in [3.05, 3.63) is 144 Å². The first kappa shape index (κ1) is 27.3. The van der Waals surface area contributed by atoms with Gasteiger partial charge < -0.3 is 16.4 Å². The fourth-order valence-corrected chi connectivity index (χ4v) is 3.91. The lowest BCUT2D eigenvalue weighted by Crippen LogP contribution is -2.28. The van der Waals surface area contributed by atoms with Gasteiger partial charge in [-0.25, -0.2) is 0 Å². The monoisotopic (exact) mass is 480 g/mol. The van der Waals surface area contributed by atoms with Gasteiger partial charge in [-0.2, -0.15) is 0 Å². The highest BCUT2D eigenvalue weighted by molar-refractivity contribution is 5.17. The van der Waals surface area contributed by atoms with Gasteiger partial charge in [0.2, 0.25) is 0 Å². The molecule has 0 unspecified atom stereocenters. The van der Waals surface area contributed by atoms with Crippen molar-refractivity contribution in [2.24, 2.45) is 5.73 Å². The summed E-state index contributed by atoms with van der Waals surface area (Å²) < 4.78 is 0. The van der Waals surface area contributed by atoms with Gasteiger partial charge in [-0.15, -0.1) is 0 Å². The average Bonchev–Trinajstić information content (AvgIpc) is 2.93. The largest absolute Gasteiger partial charge is 0.329 e. The minimum atomic E-state index is 0.694. The zero-order valence-corrected chi connectivity index (χ0v) is 21.2. The Labute approximate surface area is 217 Å². The highest BCUT2D eigenvalue weighted by Crippen LogP contribution is 2.09. The lowest BCUT2D eigenvalue weighted by molar-refractivity contribution is 0.264. The van der Waals surface area contributed by atoms with Crippen molar-refractivity contribution in [1.29, 1.82) is 0 Å². The fourth-order valence-electron chi connectivity index (χ4n) is 3.91. The molecule has 36 heavy (non-hydrogen) atoms. The molecule has 0 atom stereocenters. The molecule has 0 spiro atoms. The van der Waals surface area contributed by atoms with Crippen LogP contribution >= 0.6 is 0 Å². The summed E-state index contributed by atoms with van der Waals surface area (Å²) in [7, 11) is 0. The Kier molecular flexibility index (Phi) is 13.0. The third-order valence-electron chi connectivity index (χ3n) is 5.77. The van der Waals surface area contributed by atoms with Crippen molar-refractivity contribution in [3.8, 4) is 0 Å². The Morgan fingerprint density at radius 2 is 0.806 bits per heavy atom. The third-order valence-corrected chi connectivity index (χ3v) is 5.77. The Morgan fingerprint density at radius 3 is 1.14 bits per heavy atom. The molecule has 0 heterocycles. The first-order valence-corrected chi connectivity index (χ1v) is 12.8. The molecule has 0 saturated heterocycles. The summed E-state index contributed by atoms with van der Waals surface area (Å²) in [6, 6.07) is 42.0. The van der Waals surface area contributed by atoms with Gasteiger partial charge in [-0.1, -0.05) is 121 Å². The number of nitrogens with one attached hydrogen (secondary N) is 2. The molecule has 0 aromatic heterocycles. The average molecular weight is 481 g/mol. The van der Waals surface area contributed by atoms with E-state index in [1.165, 1.54) is 22.3 Å². The molecular weight excluding hydrogens is 440 g/mol. The molecule has 4 nitrogen and oxygen atoms in total. The van der Waals surface area contributed by atoms with E-state index in [4.69, 9.17) is 5.73 Å². The van der Waals surface area contributed by atoms with Crippen LogP contribution in [0.25, 0.3) is 0 Å². The van der Waals surface area contributed by atoms with Crippen molar-refractivity contribution in [2.45, 2.75) is 26.2 Å². The highest BCUT2D eigenvalue weighted by atomic mass is 15.1. The molecule has 0 aliphatic rings. The molecule has 4 N–H and O–H groups in total. The maximum Gasteiger partial charge on any atom is 0.0237 e. The first-order chi connectivity index (χ1) is 17.8. The molecule has 0 aliphatic carbocycles. The molecular formula is C32H40N4. The summed E-state index contributed by atoms with van der Waals surface area (Å²) in [6.45, 7) is 7.37. The first-order valence-electron chi connectivity index (χ1n) is 12.8. The molecule has 4 aromatic rings. The van der Waals surface area contributed by atoms with E-state index in [2.05, 4.69) is 113 Å². The summed E-state index contributed by atoms with van der Waals surface area (Å²) in [5.74, 6) is 0. The van der Waals surface area contributed by atoms with E-state index in [1.54, 1.807) is 0 Å². The minimum Gasteiger partial charge on any atom is -0.329 e. The SMILES string of the molecule is NCCN(Cc1ccccc1)Cc1ccccc1.c1ccc(CNCCNCc2ccccc2)cc1. The zero-order valence-electron chi connectivity index (χ0n) is 21.2. The molecule has 188 valence electrons. The van der Waals surface area contributed by atoms with Gasteiger partial charge in [0.25, 0.3) is 0 Å². The summed E-state index contributed by atoms with van der Waals surface area (Å²) in [5, 5.41) is 6.85. The third kappa shape index (κ3) is 11.4. The number of hydrogen-bond acceptors (Lipinski definition) is 4. The van der Waals surface area contributed by atoms with Gasteiger partial charge in [0.05, 0.1) is 0 Å². The quantitative estimate of drug-likeness (QED) is 0.230. The maximum absolute atomic E-state index is 5.70. The number of nitrogens with zero attached hydrogens (tertiary/aromatic N) is 1. The van der Waals surface area contributed by atoms with Crippen molar-refractivity contribution < 1.29 is 0 Å². The van der Waals surface area contributed by atoms with E-state index < -0.39 is 0 Å². The Balaban J connectivity index is 0.000000201. The van der Waals surface area contributed by atoms with Gasteiger partial charge in [0.15, 0.2) is 0 Å². The van der Waals surface area contributed by atoms with Gasteiger partial charge in [0.1, 0.15) is 0 Å². The Hall–Kier alpha value is -3.28. The van der Waals surface area contributed by atoms with Crippen LogP contribution in [0.1, 0.15) is 22.3 Å². The highest BCUT2D eigenvalue weighted by Gasteiger charge is 2.05. The molecule has 0 bridgehead atoms. The minimum absolute atomic E-state index is 0.694. The van der Waals surface area contributed by atoms with E-state index in [-0.39, 0.29) is 0 Å². The maximum atomic E-state index is 5.70. The fraction of sp³-hybridized carbons (Fsp3) is 0.250. The van der Waals surface area contributed by atoms with Crippen LogP contribution in [-0.4, -0.2) is 31.1 Å². The standard InChI is InChI=1S/2C16H20N2/c17-11-12-18(13-15-7-3-1-4-8-15)14-16-9-5-2-6-10-16;1-3-7-15(8-4-1)13-17-11-12-18-14-16-9-5-2-6-10-16/h1-10H,11-14,17H2;1-10,17-18H,11-14H2. The van der Waals surface area contributed by atoms with Crippen LogP contribution in [0, 0.1) is 0 Å². The summed E-state index contributed by atoms with van der Waals surface area (Å²) in [5.41, 5.74) is 11.0. The van der Waals surface area contributed by atoms with Crippen LogP contribution in [0.3, 0.4) is 0 Å². The molecule has 0 fully saturated rings. The van der Waals surface area contributed by atoms with Crippen LogP contribution in [0.4, 0.5) is 0 Å². The number of nitrogens with two attached hydrogens (primary N) is 1. The summed E-state index contributed by atoms with van der Waals surface area (Å²) in [4.78, 5) is 2.38. The lowest BCUT2D eigenvalue weighted by atomic mass is 10.1. The van der Waals surface area contributed by atoms with Gasteiger partial charge in [-0.3, -0.25) is 4.90 Å². The molecule has 0 amide bonds. The Bertz CT molecular complexity index is 956. The second-order valence-corrected chi connectivity index (χ2v) is 8.80. The van der Waals surface area contributed by atoms with Gasteiger partial charge in [0, 0.05) is 52.4 Å². The van der Waals surface area contributed by atoms with Crippen LogP contribution in [0.5, 0.6) is 0 Å². The lowest BCUT2D eigenvalue weighted by Gasteiger charge is -2.21. The molecule has 0 radical (unpaired) electrons. The van der Waals surface area contributed by atoms with Crippen LogP contribution in [-0.2, 0) is 26.2 Å². The van der Waals surface area contributed by atoms with Crippen molar-refractivity contribution in [2.75, 3.05) is 26.2 Å². The summed E-state index contributed by atoms with van der Waals surface area (Å²) >= 11 is 0. The molecule has 4 rings (SSSR count). The zero-order chi connectivity index (χ0) is 25.1. The van der Waals surface area contributed by atoms with E-state index in [9.17, 15) is 0 Å². The van der Waals surface area contributed by atoms with Crippen LogP contribution < -0.4 is 16.4 Å². The molecule has 0 aliphatic heterocycles. The topological polar surface area (TPSA) is 53.3 Å². The summed E-state index contributed by atoms with van der Waals surface area (Å²) in [6.07, 6.45) is 0. The van der Waals surface area contributed by atoms with Crippen molar-refractivity contribution >= 4 is 0 Å². The van der Waals surface area contributed by atoms with Crippen LogP contribution in [0.15, 0.2) is 121 Å². The van der Waals surface area contributed by atoms with E-state index >= 15 is 0 Å². The second kappa shape index (κ2) is 17.2. The van der Waals surface area contributed by atoms with E-state index in [1.807, 2.05) is 24.3 Å². The second-order valence-electron chi connectivity index (χ2n) is 8.80. The number of rotatable bonds is 13. The Morgan fingerprint density at radius 1 is 0.472 bits per heavy atom. The van der Waals surface area contributed by atoms with Crippen LogP contribution in [0.2, 0.25) is 0 Å². The van der Waals surface area contributed by atoms with E-state index in [0.29, 0.717) is 6.54 Å². The number of hydrogen-bond donors (Lipinski definition) is 3. The van der Waals surface area contributed by atoms with E-state index in [0.717, 1.165) is 45.8 Å². The number of benzene rings is 4. The predicted molar refractivity (Wildman–Crippen MR) is 152 cm³/mol. The molecule has 4 aromatic carbocycles.